The van der Waals surface area contributed by atoms with Gasteiger partial charge in [-0.25, -0.2) is 6.02 Å². The van der Waals surface area contributed by atoms with E-state index in [1.807, 2.05) is 0 Å². The van der Waals surface area contributed by atoms with E-state index in [0.29, 0.717) is 0 Å². The molecule has 0 aliphatic rings. The topological polar surface area (TPSA) is 46.1 Å². The molecule has 35 valence electrons. The van der Waals surface area contributed by atoms with Crippen LogP contribution >= 0.6 is 28.1 Å². The van der Waals surface area contributed by atoms with Crippen molar-refractivity contribution in [2.24, 2.45) is 0 Å². The fourth-order valence-electron chi connectivity index (χ4n) is 0. The van der Waals surface area contributed by atoms with Crippen molar-refractivity contribution in [1.29, 1.82) is 0 Å². The Labute approximate surface area is 54.8 Å². The van der Waals surface area contributed by atoms with E-state index in [0.717, 1.165) is 0 Å². The molecule has 0 saturated heterocycles. The summed E-state index contributed by atoms with van der Waals surface area (Å²) in [4.78, 5) is 18.0. The molecule has 0 amide bonds. The summed E-state index contributed by atoms with van der Waals surface area (Å²) in [6.07, 6.45) is 0. The van der Waals surface area contributed by atoms with E-state index in [2.05, 4.69) is 0 Å². The van der Waals surface area contributed by atoms with E-state index in [1.165, 1.54) is 22.0 Å². The van der Waals surface area contributed by atoms with Crippen LogP contribution in [0.2, 0.25) is 0 Å². The molecule has 0 aromatic carbocycles. The van der Waals surface area contributed by atoms with Gasteiger partial charge < -0.3 is 9.79 Å². The Morgan fingerprint density at radius 2 is 1.40 bits per heavy atom. The van der Waals surface area contributed by atoms with Gasteiger partial charge in [0.25, 0.3) is 0 Å². The van der Waals surface area contributed by atoms with Gasteiger partial charge in [-0.2, -0.15) is 0 Å². The van der Waals surface area contributed by atoms with Gasteiger partial charge in [0, 0.05) is 0 Å². The Bertz CT molecular complexity index is 14.4. The zero-order valence-electron chi connectivity index (χ0n) is 1.94. The first-order chi connectivity index (χ1) is 1.73. The predicted molar refractivity (Wildman–Crippen MR) is 20.9 cm³/mol. The minimum Gasteiger partial charge on any atom is -0.834 e. The second-order valence-electron chi connectivity index (χ2n) is 0.213. The summed E-state index contributed by atoms with van der Waals surface area (Å²) < 4.78 is 0. The van der Waals surface area contributed by atoms with Crippen LogP contribution in [0.15, 0.2) is 0 Å². The minimum absolute atomic E-state index is 0. The number of hydrogen-bond acceptors (Lipinski definition) is 2. The van der Waals surface area contributed by atoms with Gasteiger partial charge in [-0.15, -0.1) is 0 Å². The fraction of sp³-hybridized carbons (Fsp3) is 0. The molecule has 5 heavy (non-hydrogen) atoms. The maximum absolute atomic E-state index is 9.02. The predicted octanol–water partition coefficient (Wildman–Crippen LogP) is -0.634. The minimum atomic E-state index is -2.15. The van der Waals surface area contributed by atoms with Crippen LogP contribution < -0.4 is 9.79 Å². The summed E-state index contributed by atoms with van der Waals surface area (Å²) in [5, 5.41) is 0. The van der Waals surface area contributed by atoms with Gasteiger partial charge in [0.15, 0.2) is 0 Å². The molecule has 5 heteroatoms. The number of hydrogen-bond donors (Lipinski definition) is 0. The molecule has 0 bridgehead atoms. The first-order valence-corrected chi connectivity index (χ1v) is 4.50. The SMILES string of the molecule is [Cu+2].[O-]P([O-])I. The summed E-state index contributed by atoms with van der Waals surface area (Å²) in [6, 6.07) is -2.15. The standard InChI is InChI=1S/Cu.IO2P/c;1-4(2)3/q+2;-2. The number of halogens is 1. The first kappa shape index (κ1) is 9.78. The number of rotatable bonds is 0. The molecular weight excluding hydrogens is 253 g/mol. The molecule has 0 rings (SSSR count). The summed E-state index contributed by atoms with van der Waals surface area (Å²) in [5.74, 6) is 0. The molecule has 0 aliphatic carbocycles. The van der Waals surface area contributed by atoms with Crippen LogP contribution in [0.3, 0.4) is 0 Å². The molecule has 0 N–H and O–H groups in total. The Morgan fingerprint density at radius 3 is 1.40 bits per heavy atom. The van der Waals surface area contributed by atoms with E-state index in [9.17, 15) is 0 Å². The van der Waals surface area contributed by atoms with Crippen molar-refractivity contribution in [1.82, 2.24) is 0 Å². The van der Waals surface area contributed by atoms with Crippen molar-refractivity contribution in [2.45, 2.75) is 0 Å². The van der Waals surface area contributed by atoms with Gasteiger partial charge in [0.05, 0.1) is 0 Å². The molecule has 0 spiro atoms. The molecule has 2 nitrogen and oxygen atoms in total. The first-order valence-electron chi connectivity index (χ1n) is 0.534. The normalized spacial score (nSPS) is 7.20. The van der Waals surface area contributed by atoms with Crippen LogP contribution in [0, 0.1) is 0 Å². The Hall–Kier alpha value is 1.60. The maximum Gasteiger partial charge on any atom is 2.00 e. The zero-order valence-corrected chi connectivity index (χ0v) is 5.94. The van der Waals surface area contributed by atoms with Crippen LogP contribution in [0.1, 0.15) is 0 Å². The van der Waals surface area contributed by atoms with Crippen LogP contribution in [0.25, 0.3) is 0 Å². The van der Waals surface area contributed by atoms with Gasteiger partial charge in [-0.05, 0) is 0 Å². The van der Waals surface area contributed by atoms with Crippen molar-refractivity contribution < 1.29 is 26.9 Å². The van der Waals surface area contributed by atoms with Crippen molar-refractivity contribution >= 4 is 28.1 Å². The van der Waals surface area contributed by atoms with Gasteiger partial charge >= 0.3 is 17.1 Å². The Kier molecular flexibility index (Phi) is 11.0. The van der Waals surface area contributed by atoms with Gasteiger partial charge in [-0.3, -0.25) is 0 Å². The molecule has 0 fully saturated rings. The summed E-state index contributed by atoms with van der Waals surface area (Å²) >= 11 is 1.30. The van der Waals surface area contributed by atoms with E-state index < -0.39 is 6.02 Å². The monoisotopic (exact) mass is 253 g/mol. The third kappa shape index (κ3) is 28.4. The van der Waals surface area contributed by atoms with Gasteiger partial charge in [0.1, 0.15) is 0 Å². The molecule has 0 saturated carbocycles. The van der Waals surface area contributed by atoms with E-state index >= 15 is 0 Å². The molecule has 0 aliphatic heterocycles. The van der Waals surface area contributed by atoms with Crippen LogP contribution in [0.5, 0.6) is 0 Å². The van der Waals surface area contributed by atoms with Crippen molar-refractivity contribution in [3.63, 3.8) is 0 Å². The molecule has 0 aromatic rings. The quantitative estimate of drug-likeness (QED) is 0.328. The largest absolute Gasteiger partial charge is 2.00 e. The fourth-order valence-corrected chi connectivity index (χ4v) is 0. The Morgan fingerprint density at radius 1 is 1.40 bits per heavy atom. The van der Waals surface area contributed by atoms with Gasteiger partial charge in [0.2, 0.25) is 0 Å². The molecule has 0 aromatic heterocycles. The summed E-state index contributed by atoms with van der Waals surface area (Å²) in [6.45, 7) is 0. The zero-order chi connectivity index (χ0) is 3.58. The van der Waals surface area contributed by atoms with Crippen LogP contribution in [-0.4, -0.2) is 0 Å². The second kappa shape index (κ2) is 5.60. The molecule has 1 radical (unpaired) electrons. The van der Waals surface area contributed by atoms with Crippen molar-refractivity contribution in [2.75, 3.05) is 0 Å². The van der Waals surface area contributed by atoms with Crippen molar-refractivity contribution in [3.05, 3.63) is 0 Å². The average Bonchev–Trinajstić information content (AvgIpc) is 0.811. The molecular formula is CuIO2P. The van der Waals surface area contributed by atoms with E-state index in [-0.39, 0.29) is 17.1 Å². The van der Waals surface area contributed by atoms with Gasteiger partial charge in [-0.1, -0.05) is 22.0 Å². The summed E-state index contributed by atoms with van der Waals surface area (Å²) in [5.41, 5.74) is 0. The van der Waals surface area contributed by atoms with E-state index in [1.54, 1.807) is 0 Å². The van der Waals surface area contributed by atoms with Crippen LogP contribution in [-0.2, 0) is 17.1 Å². The smallest absolute Gasteiger partial charge is 0.834 e. The van der Waals surface area contributed by atoms with E-state index in [4.69, 9.17) is 9.79 Å². The molecule has 0 heterocycles. The average molecular weight is 253 g/mol. The van der Waals surface area contributed by atoms with Crippen molar-refractivity contribution in [3.8, 4) is 0 Å². The van der Waals surface area contributed by atoms with Crippen LogP contribution in [0.4, 0.5) is 0 Å². The third-order valence-corrected chi connectivity index (χ3v) is 0. The second-order valence-corrected chi connectivity index (χ2v) is 3.00. The third-order valence-electron chi connectivity index (χ3n) is 0. The molecule has 0 atom stereocenters. The molecule has 0 unspecified atom stereocenters. The summed E-state index contributed by atoms with van der Waals surface area (Å²) in [7, 11) is 0. The Balaban J connectivity index is 0. The maximum atomic E-state index is 9.02.